The summed E-state index contributed by atoms with van der Waals surface area (Å²) in [4.78, 5) is 1.29. The molecule has 0 fully saturated rings. The summed E-state index contributed by atoms with van der Waals surface area (Å²) in [7, 11) is 0. The van der Waals surface area contributed by atoms with Crippen LogP contribution in [0.15, 0.2) is 22.7 Å². The molecule has 0 atom stereocenters. The number of aryl methyl sites for hydroxylation is 1. The summed E-state index contributed by atoms with van der Waals surface area (Å²) < 4.78 is 2.35. The molecule has 0 amide bonds. The van der Waals surface area contributed by atoms with Gasteiger partial charge in [-0.3, -0.25) is 0 Å². The Morgan fingerprint density at radius 1 is 1.43 bits per heavy atom. The quantitative estimate of drug-likeness (QED) is 0.882. The highest BCUT2D eigenvalue weighted by Crippen LogP contribution is 2.33. The molecule has 0 aliphatic rings. The lowest BCUT2D eigenvalue weighted by Crippen LogP contribution is -1.85. The molecule has 0 spiro atoms. The maximum Gasteiger partial charge on any atom is 0.0698 e. The Hall–Kier alpha value is -0.380. The van der Waals surface area contributed by atoms with Gasteiger partial charge < -0.3 is 5.11 Å². The van der Waals surface area contributed by atoms with Crippen LogP contribution in [0.4, 0.5) is 0 Å². The molecular formula is C11H11BrOS. The van der Waals surface area contributed by atoms with Gasteiger partial charge in [-0.15, -0.1) is 11.3 Å². The highest BCUT2D eigenvalue weighted by molar-refractivity contribution is 9.10. The van der Waals surface area contributed by atoms with E-state index >= 15 is 0 Å². The van der Waals surface area contributed by atoms with Gasteiger partial charge in [0.25, 0.3) is 0 Å². The van der Waals surface area contributed by atoms with Crippen LogP contribution < -0.4 is 0 Å². The van der Waals surface area contributed by atoms with Gasteiger partial charge in [0, 0.05) is 14.0 Å². The molecule has 14 heavy (non-hydrogen) atoms. The molecule has 0 unspecified atom stereocenters. The van der Waals surface area contributed by atoms with Crippen molar-refractivity contribution in [2.75, 3.05) is 0 Å². The summed E-state index contributed by atoms with van der Waals surface area (Å²) in [5.74, 6) is 0. The number of hydrogen-bond donors (Lipinski definition) is 1. The fraction of sp³-hybridized carbons (Fsp3) is 0.273. The summed E-state index contributed by atoms with van der Waals surface area (Å²) in [6.45, 7) is 2.27. The Morgan fingerprint density at radius 2 is 2.21 bits per heavy atom. The molecule has 0 aliphatic carbocycles. The minimum absolute atomic E-state index is 0.144. The first-order valence-electron chi connectivity index (χ1n) is 4.57. The lowest BCUT2D eigenvalue weighted by molar-refractivity contribution is 0.283. The van der Waals surface area contributed by atoms with Crippen molar-refractivity contribution >= 4 is 37.4 Å². The third kappa shape index (κ3) is 1.60. The van der Waals surface area contributed by atoms with Crippen molar-refractivity contribution in [1.29, 1.82) is 0 Å². The number of rotatable bonds is 2. The van der Waals surface area contributed by atoms with E-state index in [1.807, 2.05) is 6.07 Å². The average molecular weight is 271 g/mol. The summed E-state index contributed by atoms with van der Waals surface area (Å²) in [6.07, 6.45) is 0.993. The van der Waals surface area contributed by atoms with Crippen molar-refractivity contribution in [3.63, 3.8) is 0 Å². The topological polar surface area (TPSA) is 20.2 Å². The summed E-state index contributed by atoms with van der Waals surface area (Å²) in [5.41, 5.74) is 1.10. The molecule has 3 heteroatoms. The van der Waals surface area contributed by atoms with E-state index in [1.165, 1.54) is 15.0 Å². The number of halogens is 1. The normalized spacial score (nSPS) is 11.1. The molecule has 74 valence electrons. The van der Waals surface area contributed by atoms with Crippen LogP contribution in [0.1, 0.15) is 17.4 Å². The minimum atomic E-state index is 0.144. The smallest absolute Gasteiger partial charge is 0.0698 e. The van der Waals surface area contributed by atoms with Gasteiger partial charge in [-0.25, -0.2) is 0 Å². The molecule has 0 saturated carbocycles. The number of fused-ring (bicyclic) bond motifs is 1. The van der Waals surface area contributed by atoms with Crippen molar-refractivity contribution < 1.29 is 5.11 Å². The highest BCUT2D eigenvalue weighted by Gasteiger charge is 2.09. The Bertz CT molecular complexity index is 462. The predicted octanol–water partition coefficient (Wildman–Crippen LogP) is 3.72. The highest BCUT2D eigenvalue weighted by atomic mass is 79.9. The van der Waals surface area contributed by atoms with Crippen molar-refractivity contribution in [2.45, 2.75) is 20.0 Å². The van der Waals surface area contributed by atoms with Gasteiger partial charge in [0.2, 0.25) is 0 Å². The van der Waals surface area contributed by atoms with E-state index in [4.69, 9.17) is 0 Å². The molecule has 0 aliphatic heterocycles. The third-order valence-electron chi connectivity index (χ3n) is 2.32. The van der Waals surface area contributed by atoms with E-state index < -0.39 is 0 Å². The van der Waals surface area contributed by atoms with E-state index in [0.29, 0.717) is 0 Å². The van der Waals surface area contributed by atoms with E-state index in [2.05, 4.69) is 35.0 Å². The second-order valence-electron chi connectivity index (χ2n) is 3.16. The minimum Gasteiger partial charge on any atom is -0.392 e. The Labute approximate surface area is 95.5 Å². The number of aliphatic hydroxyl groups is 1. The molecule has 1 heterocycles. The SMILES string of the molecule is CCc1sc2cc(Br)ccc2c1CO. The predicted molar refractivity (Wildman–Crippen MR) is 64.8 cm³/mol. The summed E-state index contributed by atoms with van der Waals surface area (Å²) in [5, 5.41) is 10.5. The molecule has 0 radical (unpaired) electrons. The zero-order valence-electron chi connectivity index (χ0n) is 7.88. The number of benzene rings is 1. The van der Waals surface area contributed by atoms with Gasteiger partial charge in [-0.05, 0) is 29.5 Å². The summed E-state index contributed by atoms with van der Waals surface area (Å²) >= 11 is 5.23. The Morgan fingerprint density at radius 3 is 2.86 bits per heavy atom. The maximum atomic E-state index is 9.30. The van der Waals surface area contributed by atoms with Gasteiger partial charge in [-0.1, -0.05) is 28.9 Å². The second kappa shape index (κ2) is 4.01. The van der Waals surface area contributed by atoms with Crippen LogP contribution in [-0.2, 0) is 13.0 Å². The van der Waals surface area contributed by atoms with Crippen LogP contribution >= 0.6 is 27.3 Å². The lowest BCUT2D eigenvalue weighted by atomic mass is 10.1. The van der Waals surface area contributed by atoms with Crippen LogP contribution in [0.3, 0.4) is 0 Å². The van der Waals surface area contributed by atoms with Crippen molar-refractivity contribution in [3.05, 3.63) is 33.1 Å². The fourth-order valence-corrected chi connectivity index (χ4v) is 3.34. The zero-order chi connectivity index (χ0) is 10.1. The van der Waals surface area contributed by atoms with Crippen LogP contribution in [0.5, 0.6) is 0 Å². The molecule has 1 aromatic heterocycles. The van der Waals surface area contributed by atoms with E-state index in [9.17, 15) is 5.11 Å². The zero-order valence-corrected chi connectivity index (χ0v) is 10.3. The largest absolute Gasteiger partial charge is 0.392 e. The maximum absolute atomic E-state index is 9.30. The van der Waals surface area contributed by atoms with Crippen molar-refractivity contribution in [1.82, 2.24) is 0 Å². The molecule has 1 nitrogen and oxygen atoms in total. The Kier molecular flexibility index (Phi) is 2.91. The number of hydrogen-bond acceptors (Lipinski definition) is 2. The molecule has 0 saturated heterocycles. The first kappa shape index (κ1) is 10.1. The number of aliphatic hydroxyl groups excluding tert-OH is 1. The average Bonchev–Trinajstić information content (AvgIpc) is 2.54. The van der Waals surface area contributed by atoms with Gasteiger partial charge in [0.1, 0.15) is 0 Å². The van der Waals surface area contributed by atoms with Crippen LogP contribution in [0.25, 0.3) is 10.1 Å². The molecule has 1 aromatic carbocycles. The van der Waals surface area contributed by atoms with Gasteiger partial charge >= 0.3 is 0 Å². The Balaban J connectivity index is 2.73. The molecule has 0 bridgehead atoms. The second-order valence-corrected chi connectivity index (χ2v) is 5.21. The third-order valence-corrected chi connectivity index (χ3v) is 4.15. The van der Waals surface area contributed by atoms with Crippen LogP contribution in [0.2, 0.25) is 0 Å². The van der Waals surface area contributed by atoms with Gasteiger partial charge in [0.15, 0.2) is 0 Å². The lowest BCUT2D eigenvalue weighted by Gasteiger charge is -1.96. The first-order valence-corrected chi connectivity index (χ1v) is 6.18. The standard InChI is InChI=1S/C11H11BrOS/c1-2-10-9(6-13)8-4-3-7(12)5-11(8)14-10/h3-5,13H,2,6H2,1H3. The first-order chi connectivity index (χ1) is 6.76. The fourth-order valence-electron chi connectivity index (χ4n) is 1.63. The summed E-state index contributed by atoms with van der Waals surface area (Å²) in [6, 6.07) is 6.20. The monoisotopic (exact) mass is 270 g/mol. The van der Waals surface area contributed by atoms with Crippen molar-refractivity contribution in [3.8, 4) is 0 Å². The van der Waals surface area contributed by atoms with Gasteiger partial charge in [0.05, 0.1) is 6.61 Å². The molecular weight excluding hydrogens is 260 g/mol. The van der Waals surface area contributed by atoms with Crippen LogP contribution in [-0.4, -0.2) is 5.11 Å². The van der Waals surface area contributed by atoms with Gasteiger partial charge in [-0.2, -0.15) is 0 Å². The van der Waals surface area contributed by atoms with E-state index in [1.54, 1.807) is 11.3 Å². The van der Waals surface area contributed by atoms with E-state index in [0.717, 1.165) is 16.5 Å². The van der Waals surface area contributed by atoms with Crippen LogP contribution in [0, 0.1) is 0 Å². The van der Waals surface area contributed by atoms with E-state index in [-0.39, 0.29) is 6.61 Å². The number of thiophene rings is 1. The molecule has 2 aromatic rings. The molecule has 1 N–H and O–H groups in total. The van der Waals surface area contributed by atoms with Crippen molar-refractivity contribution in [2.24, 2.45) is 0 Å². The molecule has 2 rings (SSSR count).